The maximum Gasteiger partial charge on any atom is 0.272 e. The molecule has 0 aliphatic carbocycles. The molecule has 0 radical (unpaired) electrons. The molecule has 4 rings (SSSR count). The van der Waals surface area contributed by atoms with E-state index in [0.29, 0.717) is 33.1 Å². The summed E-state index contributed by atoms with van der Waals surface area (Å²) in [5, 5.41) is 6.05. The number of para-hydroxylation sites is 1. The summed E-state index contributed by atoms with van der Waals surface area (Å²) in [5.74, 6) is -0.266. The summed E-state index contributed by atoms with van der Waals surface area (Å²) in [7, 11) is 1.53. The summed E-state index contributed by atoms with van der Waals surface area (Å²) in [5.41, 5.74) is 2.15. The number of thioether (sulfide) groups is 1. The van der Waals surface area contributed by atoms with Crippen LogP contribution in [0.5, 0.6) is 5.75 Å². The van der Waals surface area contributed by atoms with E-state index in [0.717, 1.165) is 4.90 Å². The lowest BCUT2D eigenvalue weighted by molar-refractivity contribution is -0.113. The van der Waals surface area contributed by atoms with Crippen LogP contribution in [0.2, 0.25) is 5.02 Å². The van der Waals surface area contributed by atoms with Crippen LogP contribution >= 0.6 is 23.4 Å². The number of carbonyl (C=O) groups excluding carboxylic acids is 3. The second kappa shape index (κ2) is 13.5. The van der Waals surface area contributed by atoms with Crippen molar-refractivity contribution in [3.8, 4) is 5.75 Å². The highest BCUT2D eigenvalue weighted by atomic mass is 35.5. The van der Waals surface area contributed by atoms with Crippen molar-refractivity contribution in [2.45, 2.75) is 4.90 Å². The number of benzene rings is 4. The number of ketones is 1. The lowest BCUT2D eigenvalue weighted by Crippen LogP contribution is -2.30. The highest BCUT2D eigenvalue weighted by Crippen LogP contribution is 2.25. The molecule has 0 fully saturated rings. The summed E-state index contributed by atoms with van der Waals surface area (Å²) < 4.78 is 5.29. The number of hydrogen-bond acceptors (Lipinski definition) is 5. The Kier molecular flexibility index (Phi) is 9.56. The van der Waals surface area contributed by atoms with Crippen LogP contribution in [0.3, 0.4) is 0 Å². The molecule has 0 spiro atoms. The molecule has 0 aromatic heterocycles. The second-order valence-electron chi connectivity index (χ2n) is 8.33. The monoisotopic (exact) mass is 556 g/mol. The van der Waals surface area contributed by atoms with Gasteiger partial charge in [0.25, 0.3) is 11.8 Å². The third-order valence-corrected chi connectivity index (χ3v) is 6.79. The summed E-state index contributed by atoms with van der Waals surface area (Å²) in [4.78, 5) is 39.7. The van der Waals surface area contributed by atoms with Gasteiger partial charge in [-0.3, -0.25) is 14.4 Å². The first-order chi connectivity index (χ1) is 18.9. The van der Waals surface area contributed by atoms with E-state index in [1.807, 2.05) is 12.1 Å². The Labute approximate surface area is 236 Å². The Balaban J connectivity index is 1.49. The van der Waals surface area contributed by atoms with Gasteiger partial charge in [-0.2, -0.15) is 0 Å². The first kappa shape index (κ1) is 27.7. The molecule has 4 aromatic rings. The van der Waals surface area contributed by atoms with Gasteiger partial charge in [0.2, 0.25) is 0 Å². The maximum absolute atomic E-state index is 13.3. The lowest BCUT2D eigenvalue weighted by Gasteiger charge is -2.12. The quantitative estimate of drug-likeness (QED) is 0.128. The minimum atomic E-state index is -0.508. The predicted octanol–water partition coefficient (Wildman–Crippen LogP) is 6.73. The number of amides is 2. The Morgan fingerprint density at radius 3 is 2.38 bits per heavy atom. The molecule has 0 unspecified atom stereocenters. The van der Waals surface area contributed by atoms with Gasteiger partial charge in [-0.25, -0.2) is 0 Å². The Morgan fingerprint density at radius 1 is 0.872 bits per heavy atom. The van der Waals surface area contributed by atoms with Crippen molar-refractivity contribution in [3.63, 3.8) is 0 Å². The van der Waals surface area contributed by atoms with Gasteiger partial charge in [-0.15, -0.1) is 11.8 Å². The number of nitrogens with one attached hydrogen (secondary N) is 2. The number of hydrogen-bond donors (Lipinski definition) is 2. The van der Waals surface area contributed by atoms with Gasteiger partial charge in [-0.05, 0) is 66.2 Å². The zero-order chi connectivity index (χ0) is 27.6. The summed E-state index contributed by atoms with van der Waals surface area (Å²) in [6.07, 6.45) is 1.56. The van der Waals surface area contributed by atoms with E-state index in [1.54, 1.807) is 97.1 Å². The van der Waals surface area contributed by atoms with Gasteiger partial charge < -0.3 is 15.4 Å². The first-order valence-electron chi connectivity index (χ1n) is 12.0. The topological polar surface area (TPSA) is 84.5 Å². The fraction of sp³-hybridized carbons (Fsp3) is 0.0645. The Morgan fingerprint density at radius 2 is 1.62 bits per heavy atom. The van der Waals surface area contributed by atoms with Gasteiger partial charge in [0, 0.05) is 21.2 Å². The van der Waals surface area contributed by atoms with Crippen molar-refractivity contribution in [3.05, 3.63) is 131 Å². The van der Waals surface area contributed by atoms with Gasteiger partial charge in [0.1, 0.15) is 11.4 Å². The van der Waals surface area contributed by atoms with E-state index in [-0.39, 0.29) is 17.2 Å². The molecule has 0 bridgehead atoms. The third kappa shape index (κ3) is 7.83. The zero-order valence-corrected chi connectivity index (χ0v) is 22.6. The highest BCUT2D eigenvalue weighted by Gasteiger charge is 2.16. The summed E-state index contributed by atoms with van der Waals surface area (Å²) >= 11 is 7.46. The van der Waals surface area contributed by atoms with Crippen LogP contribution in [0, 0.1) is 0 Å². The van der Waals surface area contributed by atoms with Crippen molar-refractivity contribution < 1.29 is 19.1 Å². The van der Waals surface area contributed by atoms with E-state index in [1.165, 1.54) is 18.9 Å². The van der Waals surface area contributed by atoms with E-state index in [9.17, 15) is 14.4 Å². The number of rotatable bonds is 10. The van der Waals surface area contributed by atoms with Gasteiger partial charge in [0.05, 0.1) is 18.4 Å². The highest BCUT2D eigenvalue weighted by molar-refractivity contribution is 8.00. The van der Waals surface area contributed by atoms with Crippen LogP contribution in [-0.2, 0) is 4.79 Å². The molecular formula is C31H25ClN2O4S. The molecule has 2 amide bonds. The first-order valence-corrected chi connectivity index (χ1v) is 13.3. The maximum atomic E-state index is 13.3. The normalized spacial score (nSPS) is 11.0. The predicted molar refractivity (Wildman–Crippen MR) is 156 cm³/mol. The molecule has 4 aromatic carbocycles. The largest absolute Gasteiger partial charge is 0.496 e. The number of ether oxygens (including phenoxy) is 1. The van der Waals surface area contributed by atoms with E-state index >= 15 is 0 Å². The molecular weight excluding hydrogens is 532 g/mol. The Hall–Kier alpha value is -4.33. The van der Waals surface area contributed by atoms with Gasteiger partial charge in [-0.1, -0.05) is 60.1 Å². The zero-order valence-electron chi connectivity index (χ0n) is 21.0. The number of anilines is 1. The third-order valence-electron chi connectivity index (χ3n) is 5.56. The summed E-state index contributed by atoms with van der Waals surface area (Å²) in [6.45, 7) is 0. The SMILES string of the molecule is COc1ccccc1C(=O)CSc1cccc(NC(=O)/C(=C/c2cccc(Cl)c2)NC(=O)c2ccccc2)c1. The lowest BCUT2D eigenvalue weighted by atomic mass is 10.1. The summed E-state index contributed by atoms with van der Waals surface area (Å²) in [6, 6.07) is 29.8. The number of methoxy groups -OCH3 is 1. The van der Waals surface area contributed by atoms with Crippen molar-refractivity contribution in [2.75, 3.05) is 18.2 Å². The van der Waals surface area contributed by atoms with Crippen molar-refractivity contribution in [2.24, 2.45) is 0 Å². The number of halogens is 1. The second-order valence-corrected chi connectivity index (χ2v) is 9.81. The van der Waals surface area contributed by atoms with E-state index < -0.39 is 11.8 Å². The van der Waals surface area contributed by atoms with Gasteiger partial charge in [0.15, 0.2) is 5.78 Å². The van der Waals surface area contributed by atoms with Gasteiger partial charge >= 0.3 is 0 Å². The minimum Gasteiger partial charge on any atom is -0.496 e. The van der Waals surface area contributed by atoms with Crippen LogP contribution in [0.25, 0.3) is 6.08 Å². The molecule has 0 saturated carbocycles. The van der Waals surface area contributed by atoms with E-state index in [4.69, 9.17) is 16.3 Å². The fourth-order valence-corrected chi connectivity index (χ4v) is 4.71. The van der Waals surface area contributed by atoms with Crippen molar-refractivity contribution in [1.82, 2.24) is 5.32 Å². The van der Waals surface area contributed by atoms with Crippen LogP contribution in [0.1, 0.15) is 26.3 Å². The molecule has 196 valence electrons. The van der Waals surface area contributed by atoms with Crippen LogP contribution < -0.4 is 15.4 Å². The standard InChI is InChI=1S/C31H25ClN2O4S/c1-38-29-16-6-5-15-26(29)28(35)20-39-25-14-8-13-24(19-25)33-31(37)27(18-21-9-7-12-23(32)17-21)34-30(36)22-10-3-2-4-11-22/h2-19H,20H2,1H3,(H,33,37)(H,34,36)/b27-18-. The van der Waals surface area contributed by atoms with Crippen molar-refractivity contribution in [1.29, 1.82) is 0 Å². The molecule has 6 nitrogen and oxygen atoms in total. The van der Waals surface area contributed by atoms with Crippen molar-refractivity contribution >= 4 is 52.7 Å². The molecule has 0 heterocycles. The van der Waals surface area contributed by atoms with Crippen LogP contribution in [0.15, 0.2) is 114 Å². The fourth-order valence-electron chi connectivity index (χ4n) is 3.67. The average molecular weight is 557 g/mol. The molecule has 0 aliphatic rings. The molecule has 8 heteroatoms. The number of carbonyl (C=O) groups is 3. The molecule has 0 saturated heterocycles. The molecule has 2 N–H and O–H groups in total. The van der Waals surface area contributed by atoms with Crippen LogP contribution in [0.4, 0.5) is 5.69 Å². The molecule has 0 atom stereocenters. The molecule has 39 heavy (non-hydrogen) atoms. The average Bonchev–Trinajstić information content (AvgIpc) is 2.96. The van der Waals surface area contributed by atoms with E-state index in [2.05, 4.69) is 10.6 Å². The Bertz CT molecular complexity index is 1520. The number of Topliss-reactive ketones (excluding diaryl/α,β-unsaturated/α-hetero) is 1. The smallest absolute Gasteiger partial charge is 0.272 e. The minimum absolute atomic E-state index is 0.0514. The van der Waals surface area contributed by atoms with Crippen LogP contribution in [-0.4, -0.2) is 30.5 Å². The molecule has 0 aliphatic heterocycles.